The first-order valence-corrected chi connectivity index (χ1v) is 10.5. The van der Waals surface area contributed by atoms with Gasteiger partial charge in [0.1, 0.15) is 17.5 Å². The largest absolute Gasteiger partial charge is 0.489 e. The van der Waals surface area contributed by atoms with Crippen molar-refractivity contribution >= 4 is 11.6 Å². The third-order valence-electron chi connectivity index (χ3n) is 6.10. The van der Waals surface area contributed by atoms with E-state index in [1.54, 1.807) is 24.4 Å². The number of carbonyl (C=O) groups is 1. The molecule has 1 unspecified atom stereocenters. The Kier molecular flexibility index (Phi) is 5.85. The fraction of sp³-hybridized carbons (Fsp3) is 0.375. The van der Waals surface area contributed by atoms with Gasteiger partial charge in [0, 0.05) is 17.0 Å². The van der Waals surface area contributed by atoms with Gasteiger partial charge in [-0.1, -0.05) is 19.1 Å². The smallest absolute Gasteiger partial charge is 0.228 e. The van der Waals surface area contributed by atoms with Gasteiger partial charge in [0.25, 0.3) is 0 Å². The number of allylic oxidation sites excluding steroid dienone is 4. The van der Waals surface area contributed by atoms with Crippen LogP contribution in [0.4, 0.5) is 14.5 Å². The van der Waals surface area contributed by atoms with E-state index >= 15 is 0 Å². The van der Waals surface area contributed by atoms with Crippen molar-refractivity contribution in [2.45, 2.75) is 33.1 Å². The van der Waals surface area contributed by atoms with Gasteiger partial charge < -0.3 is 10.1 Å². The maximum Gasteiger partial charge on any atom is 0.228 e. The summed E-state index contributed by atoms with van der Waals surface area (Å²) in [5, 5.41) is 2.80. The Morgan fingerprint density at radius 3 is 2.90 bits per heavy atom. The number of carbonyl (C=O) groups excluding carboxylic acids is 1. The highest BCUT2D eigenvalue weighted by atomic mass is 19.1. The molecule has 162 valence electrons. The topological polar surface area (TPSA) is 64.1 Å². The number of aryl methyl sites for hydroxylation is 2. The van der Waals surface area contributed by atoms with Crippen molar-refractivity contribution in [3.05, 3.63) is 71.9 Å². The molecule has 1 heterocycles. The van der Waals surface area contributed by atoms with Crippen molar-refractivity contribution < 1.29 is 18.3 Å². The van der Waals surface area contributed by atoms with E-state index < -0.39 is 11.2 Å². The van der Waals surface area contributed by atoms with E-state index in [2.05, 4.69) is 15.3 Å². The van der Waals surface area contributed by atoms with Crippen LogP contribution in [-0.4, -0.2) is 22.5 Å². The molecule has 0 spiro atoms. The molecule has 1 amide bonds. The lowest BCUT2D eigenvalue weighted by Gasteiger charge is -2.27. The first-order valence-electron chi connectivity index (χ1n) is 10.5. The number of nitrogens with zero attached hydrogens (tertiary/aromatic N) is 2. The molecule has 0 bridgehead atoms. The highest BCUT2D eigenvalue weighted by Gasteiger charge is 2.62. The van der Waals surface area contributed by atoms with Gasteiger partial charge in [0.2, 0.25) is 5.91 Å². The van der Waals surface area contributed by atoms with E-state index in [0.29, 0.717) is 36.5 Å². The minimum Gasteiger partial charge on any atom is -0.489 e. The predicted octanol–water partition coefficient (Wildman–Crippen LogP) is 4.94. The second-order valence-electron chi connectivity index (χ2n) is 8.15. The van der Waals surface area contributed by atoms with Gasteiger partial charge in [-0.25, -0.2) is 18.7 Å². The monoisotopic (exact) mass is 425 g/mol. The van der Waals surface area contributed by atoms with Crippen molar-refractivity contribution in [1.29, 1.82) is 0 Å². The number of amides is 1. The number of benzene rings is 1. The van der Waals surface area contributed by atoms with Crippen LogP contribution in [0.1, 0.15) is 31.3 Å². The first-order chi connectivity index (χ1) is 14.9. The van der Waals surface area contributed by atoms with Crippen molar-refractivity contribution in [3.8, 4) is 5.75 Å². The molecule has 7 heteroatoms. The maximum absolute atomic E-state index is 13.5. The van der Waals surface area contributed by atoms with Crippen LogP contribution in [0.2, 0.25) is 0 Å². The molecule has 1 N–H and O–H groups in total. The molecular formula is C24H25F2N3O2. The average molecular weight is 425 g/mol. The lowest BCUT2D eigenvalue weighted by atomic mass is 9.82. The van der Waals surface area contributed by atoms with E-state index in [9.17, 15) is 13.6 Å². The highest BCUT2D eigenvalue weighted by Crippen LogP contribution is 2.60. The predicted molar refractivity (Wildman–Crippen MR) is 114 cm³/mol. The van der Waals surface area contributed by atoms with E-state index in [4.69, 9.17) is 4.74 Å². The van der Waals surface area contributed by atoms with E-state index in [1.165, 1.54) is 18.2 Å². The van der Waals surface area contributed by atoms with Crippen LogP contribution in [0.25, 0.3) is 0 Å². The highest BCUT2D eigenvalue weighted by molar-refractivity contribution is 5.95. The Labute approximate surface area is 180 Å². The van der Waals surface area contributed by atoms with Gasteiger partial charge >= 0.3 is 0 Å². The first kappa shape index (κ1) is 21.2. The third-order valence-corrected chi connectivity index (χ3v) is 6.10. The molecule has 5 nitrogen and oxygen atoms in total. The zero-order chi connectivity index (χ0) is 22.0. The summed E-state index contributed by atoms with van der Waals surface area (Å²) in [7, 11) is 0. The summed E-state index contributed by atoms with van der Waals surface area (Å²) in [5.41, 5.74) is 0.757. The summed E-state index contributed by atoms with van der Waals surface area (Å²) in [5.74, 6) is 0.0507. The van der Waals surface area contributed by atoms with Gasteiger partial charge in [-0.2, -0.15) is 0 Å². The zero-order valence-electron chi connectivity index (χ0n) is 17.6. The summed E-state index contributed by atoms with van der Waals surface area (Å²) in [6.07, 6.45) is 8.27. The summed E-state index contributed by atoms with van der Waals surface area (Å²) < 4.78 is 33.2. The van der Waals surface area contributed by atoms with Crippen LogP contribution in [0, 0.1) is 30.0 Å². The summed E-state index contributed by atoms with van der Waals surface area (Å²) in [6.45, 7) is 4.11. The van der Waals surface area contributed by atoms with Gasteiger partial charge in [0.05, 0.1) is 18.5 Å². The number of aromatic nitrogens is 2. The summed E-state index contributed by atoms with van der Waals surface area (Å²) in [6, 6.07) is 5.81. The number of anilines is 1. The van der Waals surface area contributed by atoms with Crippen LogP contribution >= 0.6 is 0 Å². The Balaban J connectivity index is 1.53. The molecule has 2 aliphatic rings. The Morgan fingerprint density at radius 2 is 2.19 bits per heavy atom. The Hall–Kier alpha value is -3.09. The fourth-order valence-corrected chi connectivity index (χ4v) is 4.26. The van der Waals surface area contributed by atoms with Gasteiger partial charge in [-0.15, -0.1) is 0 Å². The quantitative estimate of drug-likeness (QED) is 0.683. The molecule has 0 aliphatic heterocycles. The fourth-order valence-electron chi connectivity index (χ4n) is 4.26. The lowest BCUT2D eigenvalue weighted by Crippen LogP contribution is -2.29. The molecule has 0 radical (unpaired) electrons. The molecule has 31 heavy (non-hydrogen) atoms. The Morgan fingerprint density at radius 1 is 1.35 bits per heavy atom. The molecule has 2 aromatic rings. The number of halogens is 2. The molecule has 2 aliphatic carbocycles. The van der Waals surface area contributed by atoms with Crippen LogP contribution in [0.5, 0.6) is 5.75 Å². The van der Waals surface area contributed by atoms with E-state index in [-0.39, 0.29) is 30.2 Å². The standard InChI is InChI=1S/C24H25F2N3O2/c1-3-21-22(13-27-15(2)28-21)31-14-24(16-7-9-17(25)10-8-16)12-20(24)23(30)29-19-6-4-5-18(26)11-19/h4-7,9-11,13,16,20H,3,8,12,14H2,1-2H3,(H,29,30)/t16?,20-,24+/m0/s1. The molecule has 1 fully saturated rings. The molecule has 4 rings (SSSR count). The Bertz CT molecular complexity index is 1050. The number of ether oxygens (including phenoxy) is 1. The van der Waals surface area contributed by atoms with Crippen LogP contribution in [0.3, 0.4) is 0 Å². The second-order valence-corrected chi connectivity index (χ2v) is 8.15. The second kappa shape index (κ2) is 8.57. The van der Waals surface area contributed by atoms with Crippen molar-refractivity contribution in [1.82, 2.24) is 9.97 Å². The minimum atomic E-state index is -0.471. The number of hydrogen-bond donors (Lipinski definition) is 1. The number of rotatable bonds is 7. The van der Waals surface area contributed by atoms with Crippen molar-refractivity contribution in [2.24, 2.45) is 17.3 Å². The summed E-state index contributed by atoms with van der Waals surface area (Å²) >= 11 is 0. The molecule has 1 saturated carbocycles. The van der Waals surface area contributed by atoms with Gasteiger partial charge in [0.15, 0.2) is 5.75 Å². The van der Waals surface area contributed by atoms with Crippen LogP contribution < -0.4 is 10.1 Å². The number of hydrogen-bond acceptors (Lipinski definition) is 4. The molecule has 3 atom stereocenters. The molecule has 0 saturated heterocycles. The van der Waals surface area contributed by atoms with Crippen molar-refractivity contribution in [3.63, 3.8) is 0 Å². The molecular weight excluding hydrogens is 400 g/mol. The number of nitrogens with one attached hydrogen (secondary N) is 1. The van der Waals surface area contributed by atoms with E-state index in [1.807, 2.05) is 19.9 Å². The molecule has 1 aromatic heterocycles. The average Bonchev–Trinajstić information content (AvgIpc) is 3.49. The summed E-state index contributed by atoms with van der Waals surface area (Å²) in [4.78, 5) is 21.6. The van der Waals surface area contributed by atoms with E-state index in [0.717, 1.165) is 5.69 Å². The molecule has 1 aromatic carbocycles. The zero-order valence-corrected chi connectivity index (χ0v) is 17.6. The SMILES string of the molecule is CCc1nc(C)ncc1OC[C@@]1(C2C=CC(F)=CC2)C[C@H]1C(=O)Nc1cccc(F)c1. The lowest BCUT2D eigenvalue weighted by molar-refractivity contribution is -0.118. The maximum atomic E-state index is 13.5. The van der Waals surface area contributed by atoms with Gasteiger partial charge in [-0.05, 0) is 62.5 Å². The normalized spacial score (nSPS) is 24.5. The van der Waals surface area contributed by atoms with Crippen molar-refractivity contribution in [2.75, 3.05) is 11.9 Å². The van der Waals surface area contributed by atoms with Crippen LogP contribution in [0.15, 0.2) is 54.5 Å². The van der Waals surface area contributed by atoms with Crippen LogP contribution in [-0.2, 0) is 11.2 Å². The minimum absolute atomic E-state index is 0.0355. The third kappa shape index (κ3) is 4.50. The van der Waals surface area contributed by atoms with Gasteiger partial charge in [-0.3, -0.25) is 4.79 Å².